The average molecular weight is 308 g/mol. The molecule has 0 aliphatic rings. The van der Waals surface area contributed by atoms with Crippen molar-refractivity contribution < 1.29 is 0 Å². The smallest absolute Gasteiger partial charge is 0.0886 e. The summed E-state index contributed by atoms with van der Waals surface area (Å²) >= 11 is 0. The van der Waals surface area contributed by atoms with Crippen molar-refractivity contribution in [3.63, 3.8) is 0 Å². The van der Waals surface area contributed by atoms with E-state index in [1.807, 2.05) is 24.3 Å². The first-order valence-corrected chi connectivity index (χ1v) is 7.94. The maximum atomic E-state index is 4.12. The number of para-hydroxylation sites is 2. The SMILES string of the molecule is c1ccc2c(c1)ccc1ccccc12.c1ccc2nccnc2c1. The van der Waals surface area contributed by atoms with Crippen LogP contribution in [0.1, 0.15) is 0 Å². The Morgan fingerprint density at radius 2 is 0.833 bits per heavy atom. The van der Waals surface area contributed by atoms with Crippen LogP contribution in [0.25, 0.3) is 32.6 Å². The third-order valence-electron chi connectivity index (χ3n) is 4.03. The van der Waals surface area contributed by atoms with Gasteiger partial charge in [-0.2, -0.15) is 0 Å². The van der Waals surface area contributed by atoms with Crippen LogP contribution >= 0.6 is 0 Å². The fraction of sp³-hybridized carbons (Fsp3) is 0. The summed E-state index contributed by atoms with van der Waals surface area (Å²) in [5, 5.41) is 5.30. The largest absolute Gasteiger partial charge is 0.253 e. The molecule has 0 saturated heterocycles. The molecular formula is C22H16N2. The third-order valence-corrected chi connectivity index (χ3v) is 4.03. The fourth-order valence-electron chi connectivity index (χ4n) is 2.86. The monoisotopic (exact) mass is 308 g/mol. The normalized spacial score (nSPS) is 10.5. The van der Waals surface area contributed by atoms with Gasteiger partial charge in [-0.15, -0.1) is 0 Å². The number of hydrogen-bond donors (Lipinski definition) is 0. The summed E-state index contributed by atoms with van der Waals surface area (Å²) in [6.45, 7) is 0. The van der Waals surface area contributed by atoms with Crippen LogP contribution in [0.3, 0.4) is 0 Å². The molecule has 0 N–H and O–H groups in total. The molecule has 5 rings (SSSR count). The zero-order valence-electron chi connectivity index (χ0n) is 13.1. The summed E-state index contributed by atoms with van der Waals surface area (Å²) in [7, 11) is 0. The second-order valence-corrected chi connectivity index (χ2v) is 5.55. The van der Waals surface area contributed by atoms with Crippen LogP contribution in [0.2, 0.25) is 0 Å². The average Bonchev–Trinajstić information content (AvgIpc) is 2.68. The minimum atomic E-state index is 0.949. The summed E-state index contributed by atoms with van der Waals surface area (Å²) in [5.41, 5.74) is 1.90. The predicted molar refractivity (Wildman–Crippen MR) is 101 cm³/mol. The maximum Gasteiger partial charge on any atom is 0.0886 e. The van der Waals surface area contributed by atoms with E-state index in [1.165, 1.54) is 21.5 Å². The molecule has 24 heavy (non-hydrogen) atoms. The molecule has 0 saturated carbocycles. The van der Waals surface area contributed by atoms with Crippen molar-refractivity contribution >= 4 is 32.6 Å². The Balaban J connectivity index is 0.000000129. The molecular weight excluding hydrogens is 292 g/mol. The van der Waals surface area contributed by atoms with Crippen LogP contribution in [0.15, 0.2) is 97.3 Å². The van der Waals surface area contributed by atoms with Crippen LogP contribution in [-0.4, -0.2) is 9.97 Å². The molecule has 0 radical (unpaired) electrons. The number of rotatable bonds is 0. The van der Waals surface area contributed by atoms with Crippen molar-refractivity contribution in [1.82, 2.24) is 9.97 Å². The highest BCUT2D eigenvalue weighted by Crippen LogP contribution is 2.24. The van der Waals surface area contributed by atoms with Crippen molar-refractivity contribution in [2.24, 2.45) is 0 Å². The molecule has 5 aromatic rings. The summed E-state index contributed by atoms with van der Waals surface area (Å²) < 4.78 is 0. The Morgan fingerprint density at radius 1 is 0.417 bits per heavy atom. The number of aromatic nitrogens is 2. The lowest BCUT2D eigenvalue weighted by Gasteiger charge is -2.02. The molecule has 0 aliphatic carbocycles. The Hall–Kier alpha value is -3.26. The topological polar surface area (TPSA) is 25.8 Å². The van der Waals surface area contributed by atoms with Crippen LogP contribution in [0.5, 0.6) is 0 Å². The van der Waals surface area contributed by atoms with Crippen LogP contribution in [0, 0.1) is 0 Å². The predicted octanol–water partition coefficient (Wildman–Crippen LogP) is 5.62. The number of benzene rings is 4. The molecule has 0 bridgehead atoms. The molecule has 1 heterocycles. The molecule has 0 unspecified atom stereocenters. The maximum absolute atomic E-state index is 4.12. The van der Waals surface area contributed by atoms with Gasteiger partial charge in [0.05, 0.1) is 11.0 Å². The van der Waals surface area contributed by atoms with Gasteiger partial charge in [0, 0.05) is 12.4 Å². The minimum Gasteiger partial charge on any atom is -0.253 e. The van der Waals surface area contributed by atoms with Crippen LogP contribution in [-0.2, 0) is 0 Å². The van der Waals surface area contributed by atoms with E-state index in [1.54, 1.807) is 12.4 Å². The standard InChI is InChI=1S/C14H10.C8H6N2/c1-3-7-13-11(5-1)9-10-12-6-2-4-8-14(12)13;1-2-4-8-7(3-1)9-5-6-10-8/h1-10H;1-6H. The van der Waals surface area contributed by atoms with E-state index in [0.717, 1.165) is 11.0 Å². The number of nitrogens with zero attached hydrogens (tertiary/aromatic N) is 2. The van der Waals surface area contributed by atoms with E-state index in [0.29, 0.717) is 0 Å². The lowest BCUT2D eigenvalue weighted by atomic mass is 10.0. The highest BCUT2D eigenvalue weighted by molar-refractivity contribution is 6.07. The van der Waals surface area contributed by atoms with Gasteiger partial charge in [0.25, 0.3) is 0 Å². The van der Waals surface area contributed by atoms with Gasteiger partial charge in [-0.1, -0.05) is 72.8 Å². The van der Waals surface area contributed by atoms with Crippen molar-refractivity contribution in [2.75, 3.05) is 0 Å². The summed E-state index contributed by atoms with van der Waals surface area (Å²) in [6.07, 6.45) is 3.39. The van der Waals surface area contributed by atoms with E-state index in [2.05, 4.69) is 70.6 Å². The first-order chi connectivity index (χ1) is 11.9. The highest BCUT2D eigenvalue weighted by atomic mass is 14.8. The van der Waals surface area contributed by atoms with Crippen molar-refractivity contribution in [2.45, 2.75) is 0 Å². The van der Waals surface area contributed by atoms with Crippen LogP contribution < -0.4 is 0 Å². The van der Waals surface area contributed by atoms with Gasteiger partial charge >= 0.3 is 0 Å². The fourth-order valence-corrected chi connectivity index (χ4v) is 2.86. The molecule has 114 valence electrons. The first-order valence-electron chi connectivity index (χ1n) is 7.94. The Morgan fingerprint density at radius 3 is 1.33 bits per heavy atom. The second kappa shape index (κ2) is 6.47. The molecule has 0 atom stereocenters. The lowest BCUT2D eigenvalue weighted by Crippen LogP contribution is -1.78. The van der Waals surface area contributed by atoms with E-state index >= 15 is 0 Å². The Labute approximate surface area is 140 Å². The van der Waals surface area contributed by atoms with E-state index < -0.39 is 0 Å². The summed E-state index contributed by atoms with van der Waals surface area (Å²) in [6, 6.07) is 29.2. The van der Waals surface area contributed by atoms with Gasteiger partial charge in [0.15, 0.2) is 0 Å². The quantitative estimate of drug-likeness (QED) is 0.347. The molecule has 0 fully saturated rings. The zero-order chi connectivity index (χ0) is 16.2. The Kier molecular flexibility index (Phi) is 3.86. The van der Waals surface area contributed by atoms with Gasteiger partial charge in [-0.05, 0) is 33.7 Å². The van der Waals surface area contributed by atoms with Gasteiger partial charge in [0.1, 0.15) is 0 Å². The molecule has 0 spiro atoms. The van der Waals surface area contributed by atoms with Gasteiger partial charge < -0.3 is 0 Å². The van der Waals surface area contributed by atoms with Gasteiger partial charge in [-0.25, -0.2) is 0 Å². The molecule has 0 aliphatic heterocycles. The van der Waals surface area contributed by atoms with Crippen LogP contribution in [0.4, 0.5) is 0 Å². The van der Waals surface area contributed by atoms with Crippen molar-refractivity contribution in [1.29, 1.82) is 0 Å². The summed E-state index contributed by atoms with van der Waals surface area (Å²) in [5.74, 6) is 0. The summed E-state index contributed by atoms with van der Waals surface area (Å²) in [4.78, 5) is 8.24. The van der Waals surface area contributed by atoms with Crippen molar-refractivity contribution in [3.8, 4) is 0 Å². The zero-order valence-corrected chi connectivity index (χ0v) is 13.1. The molecule has 0 amide bonds. The molecule has 2 heteroatoms. The van der Waals surface area contributed by atoms with E-state index in [4.69, 9.17) is 0 Å². The lowest BCUT2D eigenvalue weighted by molar-refractivity contribution is 1.29. The third kappa shape index (κ3) is 2.82. The molecule has 4 aromatic carbocycles. The Bertz CT molecular complexity index is 996. The van der Waals surface area contributed by atoms with Crippen molar-refractivity contribution in [3.05, 3.63) is 97.3 Å². The molecule has 2 nitrogen and oxygen atoms in total. The highest BCUT2D eigenvalue weighted by Gasteiger charge is 1.97. The number of fused-ring (bicyclic) bond motifs is 4. The van der Waals surface area contributed by atoms with E-state index in [9.17, 15) is 0 Å². The number of hydrogen-bond acceptors (Lipinski definition) is 2. The second-order valence-electron chi connectivity index (χ2n) is 5.55. The van der Waals surface area contributed by atoms with Gasteiger partial charge in [0.2, 0.25) is 0 Å². The first kappa shape index (κ1) is 14.3. The molecule has 1 aromatic heterocycles. The van der Waals surface area contributed by atoms with Gasteiger partial charge in [-0.3, -0.25) is 9.97 Å². The van der Waals surface area contributed by atoms with E-state index in [-0.39, 0.29) is 0 Å². The minimum absolute atomic E-state index is 0.949.